The van der Waals surface area contributed by atoms with E-state index in [-0.39, 0.29) is 0 Å². The normalized spacial score (nSPS) is 47.6. The Kier molecular flexibility index (Phi) is 18.8. The maximum Gasteiger partial charge on any atom is 0.0147 e. The minimum atomic E-state index is 0.854. The summed E-state index contributed by atoms with van der Waals surface area (Å²) in [6.07, 6.45) is 84.3. The lowest BCUT2D eigenvalue weighted by Crippen LogP contribution is -2.73. The second kappa shape index (κ2) is 26.8. The predicted molar refractivity (Wildman–Crippen MR) is 351 cm³/mol. The van der Waals surface area contributed by atoms with Crippen LogP contribution in [0.2, 0.25) is 0 Å². The Bertz CT molecular complexity index is 1770. The highest BCUT2D eigenvalue weighted by atomic mass is 15.3. The third-order valence-corrected chi connectivity index (χ3v) is 32.2. The molecular weight excluding hydrogens is 1020 g/mol. The van der Waals surface area contributed by atoms with Crippen LogP contribution in [0.25, 0.3) is 0 Å². The van der Waals surface area contributed by atoms with E-state index < -0.39 is 0 Å². The molecule has 0 spiro atoms. The van der Waals surface area contributed by atoms with E-state index in [1.807, 2.05) is 0 Å². The summed E-state index contributed by atoms with van der Waals surface area (Å²) < 4.78 is 0. The summed E-state index contributed by atoms with van der Waals surface area (Å²) in [5.41, 5.74) is 0. The number of hydrogen-bond donors (Lipinski definition) is 0. The van der Waals surface area contributed by atoms with E-state index in [0.717, 1.165) is 155 Å². The number of fused-ring (bicyclic) bond motifs is 4. The summed E-state index contributed by atoms with van der Waals surface area (Å²) in [6, 6.07) is 10.5. The lowest BCUT2D eigenvalue weighted by molar-refractivity contribution is -0.204. The summed E-state index contributed by atoms with van der Waals surface area (Å²) in [7, 11) is 0. The van der Waals surface area contributed by atoms with E-state index >= 15 is 0 Å². The van der Waals surface area contributed by atoms with Gasteiger partial charge in [0, 0.05) is 72.5 Å². The highest BCUT2D eigenvalue weighted by Crippen LogP contribution is 2.66. The van der Waals surface area contributed by atoms with Crippen molar-refractivity contribution in [3.05, 3.63) is 0 Å². The summed E-state index contributed by atoms with van der Waals surface area (Å²) in [5, 5.41) is 0. The molecule has 4 nitrogen and oxygen atoms in total. The van der Waals surface area contributed by atoms with Gasteiger partial charge in [-0.15, -0.1) is 0 Å². The molecule has 84 heavy (non-hydrogen) atoms. The standard InChI is InChI=1S/C80H134N4/c1-5-33-59(34-6-1)81(71-45-21-29-55-25-13-17-41-63(55)71)75-53-76(82(60-35-7-2-8-36-60)72-46-22-30-56-26-14-18-42-64(56)72)68-51-52-70-78(84(62-39-11-4-12-40-62)74-48-24-32-58-28-16-20-44-66(58)74)54-77(69-50-49-67(75)79(68)80(69)70)83(61-37-9-3-10-38-61)73-47-23-31-57-27-15-19-43-65(57)73/h55-80H,1-54H2. The third kappa shape index (κ3) is 11.3. The van der Waals surface area contributed by atoms with Gasteiger partial charge in [0.15, 0.2) is 0 Å². The first-order valence-corrected chi connectivity index (χ1v) is 40.8. The molecule has 0 aromatic heterocycles. The Morgan fingerprint density at radius 1 is 0.143 bits per heavy atom. The fourth-order valence-corrected chi connectivity index (χ4v) is 29.4. The largest absolute Gasteiger partial charge is 0.294 e. The van der Waals surface area contributed by atoms with Crippen LogP contribution in [0, 0.1) is 82.9 Å². The number of nitrogens with zero attached hydrogens (tertiary/aromatic N) is 4. The Morgan fingerprint density at radius 2 is 0.345 bits per heavy atom. The van der Waals surface area contributed by atoms with Crippen LogP contribution < -0.4 is 0 Å². The van der Waals surface area contributed by atoms with Crippen molar-refractivity contribution in [1.29, 1.82) is 0 Å². The van der Waals surface area contributed by atoms with Crippen molar-refractivity contribution >= 4 is 0 Å². The van der Waals surface area contributed by atoms with E-state index in [0.29, 0.717) is 0 Å². The predicted octanol–water partition coefficient (Wildman–Crippen LogP) is 20.5. The molecule has 0 radical (unpaired) electrons. The zero-order valence-electron chi connectivity index (χ0n) is 55.0. The molecule has 16 rings (SSSR count). The summed E-state index contributed by atoms with van der Waals surface area (Å²) in [6.45, 7) is 0. The molecule has 20 unspecified atom stereocenters. The number of hydrogen-bond acceptors (Lipinski definition) is 4. The topological polar surface area (TPSA) is 13.0 Å². The lowest BCUT2D eigenvalue weighted by atomic mass is 9.44. The Labute approximate surface area is 519 Å². The Balaban J connectivity index is 0.867. The molecular formula is C80H134N4. The summed E-state index contributed by atoms with van der Waals surface area (Å²) in [5.74, 6) is 14.0. The van der Waals surface area contributed by atoms with E-state index in [4.69, 9.17) is 0 Å². The van der Waals surface area contributed by atoms with E-state index in [1.54, 1.807) is 270 Å². The minimum Gasteiger partial charge on any atom is -0.294 e. The van der Waals surface area contributed by atoms with Gasteiger partial charge in [0.05, 0.1) is 0 Å². The van der Waals surface area contributed by atoms with Crippen LogP contribution in [0.4, 0.5) is 0 Å². The van der Waals surface area contributed by atoms with Gasteiger partial charge in [-0.1, -0.05) is 205 Å². The summed E-state index contributed by atoms with van der Waals surface area (Å²) in [4.78, 5) is 14.9. The van der Waals surface area contributed by atoms with Crippen molar-refractivity contribution < 1.29 is 0 Å². The van der Waals surface area contributed by atoms with E-state index in [2.05, 4.69) is 19.6 Å². The zero-order valence-corrected chi connectivity index (χ0v) is 55.0. The third-order valence-electron chi connectivity index (χ3n) is 32.2. The van der Waals surface area contributed by atoms with Crippen LogP contribution >= 0.6 is 0 Å². The molecule has 0 aliphatic heterocycles. The van der Waals surface area contributed by atoms with Crippen molar-refractivity contribution in [3.63, 3.8) is 0 Å². The van der Waals surface area contributed by atoms with Gasteiger partial charge in [0.1, 0.15) is 0 Å². The van der Waals surface area contributed by atoms with Crippen molar-refractivity contribution in [2.24, 2.45) is 82.9 Å². The van der Waals surface area contributed by atoms with Gasteiger partial charge >= 0.3 is 0 Å². The molecule has 16 aliphatic rings. The Morgan fingerprint density at radius 3 is 0.583 bits per heavy atom. The van der Waals surface area contributed by atoms with Crippen LogP contribution in [0.3, 0.4) is 0 Å². The highest BCUT2D eigenvalue weighted by Gasteiger charge is 2.65. The fourth-order valence-electron chi connectivity index (χ4n) is 29.4. The first-order chi connectivity index (χ1) is 41.7. The van der Waals surface area contributed by atoms with Crippen LogP contribution in [-0.2, 0) is 0 Å². The second-order valence-electron chi connectivity index (χ2n) is 35.5. The maximum absolute atomic E-state index is 3.72. The van der Waals surface area contributed by atoms with Crippen molar-refractivity contribution in [2.75, 3.05) is 0 Å². The first kappa shape index (κ1) is 58.9. The molecule has 0 bridgehead atoms. The first-order valence-electron chi connectivity index (χ1n) is 40.8. The molecule has 20 atom stereocenters. The zero-order chi connectivity index (χ0) is 55.5. The van der Waals surface area contributed by atoms with Crippen molar-refractivity contribution in [2.45, 2.75) is 419 Å². The van der Waals surface area contributed by atoms with Gasteiger partial charge in [0.25, 0.3) is 0 Å². The van der Waals surface area contributed by atoms with Crippen LogP contribution in [0.15, 0.2) is 0 Å². The molecule has 0 amide bonds. The van der Waals surface area contributed by atoms with Crippen LogP contribution in [-0.4, -0.2) is 92.1 Å². The van der Waals surface area contributed by atoms with Crippen molar-refractivity contribution in [1.82, 2.24) is 19.6 Å². The molecule has 16 saturated carbocycles. The maximum atomic E-state index is 3.72. The van der Waals surface area contributed by atoms with Gasteiger partial charge in [0.2, 0.25) is 0 Å². The van der Waals surface area contributed by atoms with Gasteiger partial charge in [-0.05, 0) is 224 Å². The van der Waals surface area contributed by atoms with Crippen molar-refractivity contribution in [3.8, 4) is 0 Å². The van der Waals surface area contributed by atoms with E-state index in [9.17, 15) is 0 Å². The SMILES string of the molecule is C1CCC(N(C2CCCC3CCCCC32)C2CC(N(C3CCCCC3)C3CCCC4CCCCC43)C3CCC4C5C(CCC2C35)C(N(C2CCCCC2)C2CCCC3CCCCC32)CC4N(C2CCCCC2)C2CCCC3CCCCC32)CC1. The number of rotatable bonds is 12. The molecule has 16 aliphatic carbocycles. The monoisotopic (exact) mass is 1150 g/mol. The quantitative estimate of drug-likeness (QED) is 0.193. The molecule has 0 aromatic rings. The van der Waals surface area contributed by atoms with Gasteiger partial charge < -0.3 is 0 Å². The molecule has 0 saturated heterocycles. The van der Waals surface area contributed by atoms with Gasteiger partial charge in [-0.2, -0.15) is 0 Å². The molecule has 16 fully saturated rings. The lowest BCUT2D eigenvalue weighted by Gasteiger charge is -2.70. The summed E-state index contributed by atoms with van der Waals surface area (Å²) >= 11 is 0. The highest BCUT2D eigenvalue weighted by molar-refractivity contribution is 5.18. The molecule has 0 heterocycles. The average Bonchev–Trinajstić information content (AvgIpc) is 1.18. The average molecular weight is 1150 g/mol. The molecule has 0 N–H and O–H groups in total. The molecule has 4 heteroatoms. The minimum absolute atomic E-state index is 0.854. The van der Waals surface area contributed by atoms with Crippen LogP contribution in [0.1, 0.15) is 347 Å². The van der Waals surface area contributed by atoms with E-state index in [1.165, 1.54) is 77.0 Å². The van der Waals surface area contributed by atoms with Crippen LogP contribution in [0.5, 0.6) is 0 Å². The smallest absolute Gasteiger partial charge is 0.0147 e. The fraction of sp³-hybridized carbons (Fsp3) is 1.00. The second-order valence-corrected chi connectivity index (χ2v) is 35.5. The molecule has 0 aromatic carbocycles. The Hall–Kier alpha value is -0.160. The van der Waals surface area contributed by atoms with Gasteiger partial charge in [-0.25, -0.2) is 0 Å². The van der Waals surface area contributed by atoms with Gasteiger partial charge in [-0.3, -0.25) is 19.6 Å². The molecule has 474 valence electrons.